The summed E-state index contributed by atoms with van der Waals surface area (Å²) in [5.74, 6) is 0.000447. The number of carboxylic acids is 1. The number of nitrogens with one attached hydrogen (secondary N) is 1. The van der Waals surface area contributed by atoms with E-state index in [1.54, 1.807) is 0 Å². The normalized spacial score (nSPS) is 34.6. The quantitative estimate of drug-likeness (QED) is 0.679. The predicted molar refractivity (Wildman–Crippen MR) is 51.1 cm³/mol. The number of rotatable bonds is 2. The molecule has 2 rings (SSSR count). The van der Waals surface area contributed by atoms with Crippen LogP contribution in [0.2, 0.25) is 0 Å². The van der Waals surface area contributed by atoms with Crippen molar-refractivity contribution in [3.63, 3.8) is 0 Å². The zero-order chi connectivity index (χ0) is 9.97. The van der Waals surface area contributed by atoms with Gasteiger partial charge in [-0.25, -0.2) is 4.79 Å². The van der Waals surface area contributed by atoms with E-state index in [0.29, 0.717) is 12.5 Å². The zero-order valence-corrected chi connectivity index (χ0v) is 8.24. The third-order valence-electron chi connectivity index (χ3n) is 3.37. The minimum Gasteiger partial charge on any atom is -0.479 e. The maximum absolute atomic E-state index is 10.9. The summed E-state index contributed by atoms with van der Waals surface area (Å²) in [6.07, 6.45) is 2.56. The molecule has 0 amide bonds. The molecule has 2 fully saturated rings. The lowest BCUT2D eigenvalue weighted by atomic mass is 9.81. The Morgan fingerprint density at radius 3 is 2.64 bits per heavy atom. The molecule has 2 atom stereocenters. The van der Waals surface area contributed by atoms with Crippen molar-refractivity contribution in [2.24, 2.45) is 11.8 Å². The van der Waals surface area contributed by atoms with E-state index in [9.17, 15) is 4.79 Å². The fraction of sp³-hybridized carbons (Fsp3) is 0.900. The van der Waals surface area contributed by atoms with Gasteiger partial charge in [-0.15, -0.1) is 0 Å². The van der Waals surface area contributed by atoms with E-state index in [-0.39, 0.29) is 5.92 Å². The van der Waals surface area contributed by atoms with Crippen LogP contribution < -0.4 is 5.32 Å². The third kappa shape index (κ3) is 1.91. The molecule has 0 aromatic rings. The van der Waals surface area contributed by atoms with Crippen molar-refractivity contribution < 1.29 is 14.6 Å². The predicted octanol–water partition coefficient (Wildman–Crippen LogP) is 0.476. The van der Waals surface area contributed by atoms with Crippen LogP contribution in [0.4, 0.5) is 0 Å². The second-order valence-electron chi connectivity index (χ2n) is 4.17. The van der Waals surface area contributed by atoms with Crippen LogP contribution in [-0.2, 0) is 9.53 Å². The van der Waals surface area contributed by atoms with E-state index in [1.807, 2.05) is 0 Å². The number of hydrogen-bond donors (Lipinski definition) is 2. The van der Waals surface area contributed by atoms with E-state index < -0.39 is 12.1 Å². The van der Waals surface area contributed by atoms with Gasteiger partial charge in [-0.1, -0.05) is 0 Å². The molecule has 0 aliphatic carbocycles. The van der Waals surface area contributed by atoms with Crippen molar-refractivity contribution in [1.29, 1.82) is 0 Å². The highest BCUT2D eigenvalue weighted by atomic mass is 16.5. The molecule has 2 heterocycles. The van der Waals surface area contributed by atoms with Crippen LogP contribution in [0.25, 0.3) is 0 Å². The molecule has 0 aromatic heterocycles. The van der Waals surface area contributed by atoms with Crippen molar-refractivity contribution in [2.45, 2.75) is 25.4 Å². The molecule has 0 radical (unpaired) electrons. The van der Waals surface area contributed by atoms with Crippen molar-refractivity contribution in [2.75, 3.05) is 19.7 Å². The molecule has 4 nitrogen and oxygen atoms in total. The molecule has 0 bridgehead atoms. The lowest BCUT2D eigenvalue weighted by Crippen LogP contribution is -2.37. The van der Waals surface area contributed by atoms with Crippen LogP contribution in [0, 0.1) is 11.8 Å². The maximum Gasteiger partial charge on any atom is 0.333 e. The summed E-state index contributed by atoms with van der Waals surface area (Å²) in [6.45, 7) is 2.66. The molecular weight excluding hydrogens is 182 g/mol. The SMILES string of the molecule is O=C(O)C1OCCC1C1CCNCC1. The smallest absolute Gasteiger partial charge is 0.333 e. The summed E-state index contributed by atoms with van der Waals surface area (Å²) in [6, 6.07) is 0. The van der Waals surface area contributed by atoms with Crippen molar-refractivity contribution >= 4 is 5.97 Å². The maximum atomic E-state index is 10.9. The minimum absolute atomic E-state index is 0.245. The van der Waals surface area contributed by atoms with Crippen LogP contribution in [0.1, 0.15) is 19.3 Å². The molecule has 2 N–H and O–H groups in total. The van der Waals surface area contributed by atoms with Gasteiger partial charge < -0.3 is 15.2 Å². The fourth-order valence-corrected chi connectivity index (χ4v) is 2.62. The van der Waals surface area contributed by atoms with Gasteiger partial charge in [-0.2, -0.15) is 0 Å². The summed E-state index contributed by atoms with van der Waals surface area (Å²) < 4.78 is 5.26. The van der Waals surface area contributed by atoms with Crippen molar-refractivity contribution in [3.05, 3.63) is 0 Å². The van der Waals surface area contributed by atoms with Crippen molar-refractivity contribution in [3.8, 4) is 0 Å². The van der Waals surface area contributed by atoms with Crippen LogP contribution in [-0.4, -0.2) is 36.9 Å². The number of aliphatic carboxylic acids is 1. The molecule has 4 heteroatoms. The largest absolute Gasteiger partial charge is 0.479 e. The highest BCUT2D eigenvalue weighted by Crippen LogP contribution is 2.33. The Morgan fingerprint density at radius 1 is 1.29 bits per heavy atom. The summed E-state index contributed by atoms with van der Waals surface area (Å²) in [7, 11) is 0. The molecule has 80 valence electrons. The minimum atomic E-state index is -0.786. The van der Waals surface area contributed by atoms with Gasteiger partial charge in [0, 0.05) is 12.5 Å². The number of carbonyl (C=O) groups is 1. The molecular formula is C10H17NO3. The number of ether oxygens (including phenoxy) is 1. The summed E-state index contributed by atoms with van der Waals surface area (Å²) >= 11 is 0. The van der Waals surface area contributed by atoms with E-state index in [4.69, 9.17) is 9.84 Å². The van der Waals surface area contributed by atoms with E-state index in [1.165, 1.54) is 0 Å². The summed E-state index contributed by atoms with van der Waals surface area (Å²) in [4.78, 5) is 10.9. The Labute approximate surface area is 83.6 Å². The monoisotopic (exact) mass is 199 g/mol. The highest BCUT2D eigenvalue weighted by Gasteiger charge is 2.39. The Kier molecular flexibility index (Phi) is 3.03. The van der Waals surface area contributed by atoms with Crippen LogP contribution >= 0.6 is 0 Å². The first-order chi connectivity index (χ1) is 6.79. The fourth-order valence-electron chi connectivity index (χ4n) is 2.62. The van der Waals surface area contributed by atoms with Gasteiger partial charge in [-0.3, -0.25) is 0 Å². The second-order valence-corrected chi connectivity index (χ2v) is 4.17. The number of hydrogen-bond acceptors (Lipinski definition) is 3. The topological polar surface area (TPSA) is 58.6 Å². The summed E-state index contributed by atoms with van der Waals surface area (Å²) in [5, 5.41) is 12.3. The van der Waals surface area contributed by atoms with Gasteiger partial charge in [0.25, 0.3) is 0 Å². The summed E-state index contributed by atoms with van der Waals surface area (Å²) in [5.41, 5.74) is 0. The standard InChI is InChI=1S/C10H17NO3/c12-10(13)9-8(3-6-14-9)7-1-4-11-5-2-7/h7-9,11H,1-6H2,(H,12,13). The van der Waals surface area contributed by atoms with E-state index in [0.717, 1.165) is 32.4 Å². The highest BCUT2D eigenvalue weighted by molar-refractivity contribution is 5.73. The molecule has 2 unspecified atom stereocenters. The first-order valence-electron chi connectivity index (χ1n) is 5.34. The van der Waals surface area contributed by atoms with Gasteiger partial charge in [0.1, 0.15) is 0 Å². The zero-order valence-electron chi connectivity index (χ0n) is 8.24. The molecule has 2 aliphatic rings. The molecule has 0 aromatic carbocycles. The first kappa shape index (κ1) is 9.93. The molecule has 2 aliphatic heterocycles. The second kappa shape index (κ2) is 4.28. The molecule has 14 heavy (non-hydrogen) atoms. The van der Waals surface area contributed by atoms with Gasteiger partial charge in [0.05, 0.1) is 0 Å². The molecule has 0 saturated carbocycles. The lowest BCUT2D eigenvalue weighted by molar-refractivity contribution is -0.150. The Hall–Kier alpha value is -0.610. The van der Waals surface area contributed by atoms with Crippen LogP contribution in [0.15, 0.2) is 0 Å². The average Bonchev–Trinajstić information content (AvgIpc) is 2.67. The Balaban J connectivity index is 1.97. The average molecular weight is 199 g/mol. The van der Waals surface area contributed by atoms with Gasteiger partial charge in [-0.05, 0) is 38.3 Å². The Bertz CT molecular complexity index is 213. The van der Waals surface area contributed by atoms with Crippen LogP contribution in [0.5, 0.6) is 0 Å². The molecule has 0 spiro atoms. The third-order valence-corrected chi connectivity index (χ3v) is 3.37. The van der Waals surface area contributed by atoms with E-state index >= 15 is 0 Å². The Morgan fingerprint density at radius 2 is 2.00 bits per heavy atom. The molecule has 2 saturated heterocycles. The first-order valence-corrected chi connectivity index (χ1v) is 5.34. The van der Waals surface area contributed by atoms with Crippen molar-refractivity contribution in [1.82, 2.24) is 5.32 Å². The van der Waals surface area contributed by atoms with Gasteiger partial charge in [0.2, 0.25) is 0 Å². The van der Waals surface area contributed by atoms with Crippen LogP contribution in [0.3, 0.4) is 0 Å². The lowest BCUT2D eigenvalue weighted by Gasteiger charge is -2.29. The number of piperidine rings is 1. The van der Waals surface area contributed by atoms with Gasteiger partial charge in [0.15, 0.2) is 6.10 Å². The van der Waals surface area contributed by atoms with E-state index in [2.05, 4.69) is 5.32 Å². The van der Waals surface area contributed by atoms with Gasteiger partial charge >= 0.3 is 5.97 Å². The number of carboxylic acid groups (broad SMARTS) is 1.